The number of nitrogens with zero attached hydrogens (tertiary/aromatic N) is 2. The minimum atomic E-state index is -1.09. The molecule has 0 fully saturated rings. The van der Waals surface area contributed by atoms with Gasteiger partial charge in [-0.05, 0) is 32.4 Å². The lowest BCUT2D eigenvalue weighted by molar-refractivity contribution is -0.122. The zero-order valence-electron chi connectivity index (χ0n) is 11.2. The lowest BCUT2D eigenvalue weighted by atomic mass is 9.95. The second-order valence-electron chi connectivity index (χ2n) is 5.57. The van der Waals surface area contributed by atoms with Crippen molar-refractivity contribution in [2.45, 2.75) is 38.8 Å². The molecular weight excluding hydrogens is 246 g/mol. The number of rotatable bonds is 1. The molecule has 2 rings (SSSR count). The summed E-state index contributed by atoms with van der Waals surface area (Å²) in [5, 5.41) is 12.1. The second kappa shape index (κ2) is 4.53. The predicted molar refractivity (Wildman–Crippen MR) is 70.0 cm³/mol. The fraction of sp³-hybridized carbons (Fsp3) is 0.462. The van der Waals surface area contributed by atoms with E-state index >= 15 is 0 Å². The Balaban J connectivity index is 2.36. The van der Waals surface area contributed by atoms with E-state index in [1.165, 1.54) is 4.90 Å². The normalized spacial score (nSPS) is 18.5. The van der Waals surface area contributed by atoms with E-state index < -0.39 is 17.7 Å². The molecule has 0 spiro atoms. The van der Waals surface area contributed by atoms with Crippen LogP contribution in [0.15, 0.2) is 18.5 Å². The van der Waals surface area contributed by atoms with Gasteiger partial charge >= 0.3 is 6.09 Å². The van der Waals surface area contributed by atoms with Gasteiger partial charge in [0.05, 0.1) is 11.9 Å². The van der Waals surface area contributed by atoms with E-state index in [4.69, 9.17) is 0 Å². The van der Waals surface area contributed by atoms with Gasteiger partial charge in [0.15, 0.2) is 0 Å². The molecule has 0 radical (unpaired) electrons. The Bertz CT molecular complexity index is 522. The number of fused-ring (bicyclic) bond motifs is 1. The van der Waals surface area contributed by atoms with E-state index in [9.17, 15) is 14.7 Å². The number of nitrogens with one attached hydrogen (secondary N) is 1. The van der Waals surface area contributed by atoms with Crippen molar-refractivity contribution >= 4 is 17.7 Å². The maximum Gasteiger partial charge on any atom is 0.408 e. The van der Waals surface area contributed by atoms with Crippen molar-refractivity contribution in [1.82, 2.24) is 9.88 Å². The summed E-state index contributed by atoms with van der Waals surface area (Å²) in [6.07, 6.45) is 2.49. The molecule has 1 aliphatic heterocycles. The van der Waals surface area contributed by atoms with Gasteiger partial charge in [-0.1, -0.05) is 0 Å². The summed E-state index contributed by atoms with van der Waals surface area (Å²) in [5.74, 6) is -0.308. The predicted octanol–water partition coefficient (Wildman–Crippen LogP) is 1.72. The third kappa shape index (κ3) is 2.52. The first-order valence-corrected chi connectivity index (χ1v) is 6.06. The van der Waals surface area contributed by atoms with Crippen molar-refractivity contribution in [3.05, 3.63) is 24.0 Å². The molecule has 0 aliphatic carbocycles. The van der Waals surface area contributed by atoms with Gasteiger partial charge in [-0.2, -0.15) is 0 Å². The summed E-state index contributed by atoms with van der Waals surface area (Å²) in [7, 11) is 0. The van der Waals surface area contributed by atoms with Crippen molar-refractivity contribution in [2.75, 3.05) is 5.32 Å². The first-order valence-electron chi connectivity index (χ1n) is 6.06. The second-order valence-corrected chi connectivity index (χ2v) is 5.57. The van der Waals surface area contributed by atoms with E-state index in [0.717, 1.165) is 5.56 Å². The molecule has 1 aliphatic rings. The highest BCUT2D eigenvalue weighted by Gasteiger charge is 2.39. The van der Waals surface area contributed by atoms with Crippen LogP contribution in [-0.4, -0.2) is 38.6 Å². The molecule has 2 heterocycles. The highest BCUT2D eigenvalue weighted by molar-refractivity contribution is 5.99. The third-order valence-electron chi connectivity index (χ3n) is 3.13. The van der Waals surface area contributed by atoms with Crippen molar-refractivity contribution in [1.29, 1.82) is 0 Å². The van der Waals surface area contributed by atoms with E-state index in [0.29, 0.717) is 12.1 Å². The van der Waals surface area contributed by atoms with Gasteiger partial charge < -0.3 is 10.4 Å². The quantitative estimate of drug-likeness (QED) is 0.808. The minimum absolute atomic E-state index is 0.308. The Hall–Kier alpha value is -2.11. The van der Waals surface area contributed by atoms with Gasteiger partial charge in [-0.25, -0.2) is 4.79 Å². The van der Waals surface area contributed by atoms with Crippen LogP contribution in [0.25, 0.3) is 0 Å². The van der Waals surface area contributed by atoms with Crippen molar-refractivity contribution in [2.24, 2.45) is 0 Å². The van der Waals surface area contributed by atoms with Crippen LogP contribution in [0.1, 0.15) is 26.3 Å². The fourth-order valence-corrected chi connectivity index (χ4v) is 2.33. The zero-order chi connectivity index (χ0) is 14.2. The molecule has 0 saturated carbocycles. The monoisotopic (exact) mass is 263 g/mol. The Morgan fingerprint density at radius 2 is 2.21 bits per heavy atom. The number of aromatic nitrogens is 1. The lowest BCUT2D eigenvalue weighted by Gasteiger charge is -2.40. The molecule has 0 saturated heterocycles. The van der Waals surface area contributed by atoms with Gasteiger partial charge in [0, 0.05) is 18.2 Å². The van der Waals surface area contributed by atoms with Crippen molar-refractivity contribution in [3.63, 3.8) is 0 Å². The van der Waals surface area contributed by atoms with Gasteiger partial charge in [0.25, 0.3) is 0 Å². The Morgan fingerprint density at radius 1 is 1.53 bits per heavy atom. The molecule has 6 heteroatoms. The van der Waals surface area contributed by atoms with Gasteiger partial charge in [-0.3, -0.25) is 14.7 Å². The van der Waals surface area contributed by atoms with Crippen LogP contribution in [-0.2, 0) is 11.2 Å². The third-order valence-corrected chi connectivity index (χ3v) is 3.13. The summed E-state index contributed by atoms with van der Waals surface area (Å²) < 4.78 is 0. The van der Waals surface area contributed by atoms with E-state index in [2.05, 4.69) is 10.3 Å². The van der Waals surface area contributed by atoms with Crippen LogP contribution >= 0.6 is 0 Å². The molecule has 19 heavy (non-hydrogen) atoms. The highest BCUT2D eigenvalue weighted by Crippen LogP contribution is 2.27. The molecule has 0 aromatic carbocycles. The molecule has 2 N–H and O–H groups in total. The van der Waals surface area contributed by atoms with Crippen LogP contribution in [0.5, 0.6) is 0 Å². The summed E-state index contributed by atoms with van der Waals surface area (Å²) in [6.45, 7) is 5.32. The smallest absolute Gasteiger partial charge is 0.408 e. The molecule has 1 atom stereocenters. The maximum atomic E-state index is 12.1. The average Bonchev–Trinajstić information content (AvgIpc) is 2.27. The standard InChI is InChI=1S/C13H17N3O3/c1-13(2,3)16(12(18)19)10-6-8-4-5-14-7-9(8)15-11(10)17/h4-5,7,10H,6H2,1-3H3,(H,15,17)(H,18,19). The maximum absolute atomic E-state index is 12.1. The summed E-state index contributed by atoms with van der Waals surface area (Å²) >= 11 is 0. The molecule has 1 unspecified atom stereocenters. The van der Waals surface area contributed by atoms with Crippen LogP contribution in [0.2, 0.25) is 0 Å². The number of carbonyl (C=O) groups excluding carboxylic acids is 1. The summed E-state index contributed by atoms with van der Waals surface area (Å²) in [5.41, 5.74) is 0.913. The molecule has 2 amide bonds. The number of anilines is 1. The molecule has 1 aromatic heterocycles. The number of hydrogen-bond acceptors (Lipinski definition) is 3. The zero-order valence-corrected chi connectivity index (χ0v) is 11.2. The molecule has 102 valence electrons. The number of carboxylic acid groups (broad SMARTS) is 1. The molecule has 0 bridgehead atoms. The lowest BCUT2D eigenvalue weighted by Crippen LogP contribution is -2.57. The Kier molecular flexibility index (Phi) is 3.18. The van der Waals surface area contributed by atoms with E-state index in [1.807, 2.05) is 0 Å². The first-order chi connectivity index (χ1) is 8.80. The van der Waals surface area contributed by atoms with Crippen molar-refractivity contribution in [3.8, 4) is 0 Å². The first kappa shape index (κ1) is 13.3. The number of hydrogen-bond donors (Lipinski definition) is 2. The van der Waals surface area contributed by atoms with E-state index in [-0.39, 0.29) is 5.91 Å². The molecular formula is C13H17N3O3. The average molecular weight is 263 g/mol. The van der Waals surface area contributed by atoms with Gasteiger partial charge in [-0.15, -0.1) is 0 Å². The summed E-state index contributed by atoms with van der Waals surface area (Å²) in [6, 6.07) is 1.08. The number of pyridine rings is 1. The van der Waals surface area contributed by atoms with Crippen LogP contribution < -0.4 is 5.32 Å². The van der Waals surface area contributed by atoms with Crippen LogP contribution in [0, 0.1) is 0 Å². The summed E-state index contributed by atoms with van der Waals surface area (Å²) in [4.78, 5) is 28.7. The topological polar surface area (TPSA) is 82.5 Å². The number of amides is 2. The van der Waals surface area contributed by atoms with E-state index in [1.54, 1.807) is 39.2 Å². The van der Waals surface area contributed by atoms with Gasteiger partial charge in [0.2, 0.25) is 5.91 Å². The Morgan fingerprint density at radius 3 is 2.79 bits per heavy atom. The minimum Gasteiger partial charge on any atom is -0.465 e. The van der Waals surface area contributed by atoms with Crippen LogP contribution in [0.3, 0.4) is 0 Å². The highest BCUT2D eigenvalue weighted by atomic mass is 16.4. The van der Waals surface area contributed by atoms with Crippen molar-refractivity contribution < 1.29 is 14.7 Å². The largest absolute Gasteiger partial charge is 0.465 e. The van der Waals surface area contributed by atoms with Crippen LogP contribution in [0.4, 0.5) is 10.5 Å². The number of carbonyl (C=O) groups is 2. The van der Waals surface area contributed by atoms with Gasteiger partial charge in [0.1, 0.15) is 6.04 Å². The fourth-order valence-electron chi connectivity index (χ4n) is 2.33. The Labute approximate surface area is 111 Å². The molecule has 1 aromatic rings. The SMILES string of the molecule is CC(C)(C)N(C(=O)O)C1Cc2ccncc2NC1=O. The molecule has 6 nitrogen and oxygen atoms in total.